The molecule has 0 saturated carbocycles. The molecule has 1 aliphatic heterocycles. The van der Waals surface area contributed by atoms with Crippen molar-refractivity contribution in [2.75, 3.05) is 23.3 Å². The first-order valence-corrected chi connectivity index (χ1v) is 8.36. The number of urea groups is 1. The molecule has 7 heteroatoms. The van der Waals surface area contributed by atoms with Gasteiger partial charge in [0.2, 0.25) is 5.91 Å². The molecule has 1 aliphatic rings. The van der Waals surface area contributed by atoms with Crippen molar-refractivity contribution in [1.29, 1.82) is 0 Å². The van der Waals surface area contributed by atoms with Crippen molar-refractivity contribution in [3.63, 3.8) is 0 Å². The summed E-state index contributed by atoms with van der Waals surface area (Å²) in [5.74, 6) is -0.115. The molecule has 23 heavy (non-hydrogen) atoms. The Hall–Kier alpha value is -2.41. The Balaban J connectivity index is 1.62. The highest BCUT2D eigenvalue weighted by atomic mass is 32.1. The molecular weight excluding hydrogens is 312 g/mol. The maximum atomic E-state index is 12.1. The fourth-order valence-electron chi connectivity index (χ4n) is 2.41. The molecule has 2 N–H and O–H groups in total. The number of carbonyl (C=O) groups excluding carboxylic acids is 2. The molecule has 6 nitrogen and oxygen atoms in total. The number of hydrogen-bond acceptors (Lipinski definition) is 4. The van der Waals surface area contributed by atoms with E-state index in [1.165, 1.54) is 11.3 Å². The average molecular weight is 330 g/mol. The van der Waals surface area contributed by atoms with Crippen LogP contribution in [0, 0.1) is 6.92 Å². The van der Waals surface area contributed by atoms with Gasteiger partial charge in [-0.05, 0) is 31.0 Å². The Morgan fingerprint density at radius 2 is 2.35 bits per heavy atom. The minimum atomic E-state index is -0.124. The van der Waals surface area contributed by atoms with Gasteiger partial charge in [0.15, 0.2) is 5.13 Å². The summed E-state index contributed by atoms with van der Waals surface area (Å²) in [6, 6.07) is 7.53. The first-order valence-electron chi connectivity index (χ1n) is 7.48. The molecule has 3 rings (SSSR count). The van der Waals surface area contributed by atoms with Gasteiger partial charge in [-0.2, -0.15) is 0 Å². The van der Waals surface area contributed by atoms with Gasteiger partial charge in [0.25, 0.3) is 0 Å². The van der Waals surface area contributed by atoms with Crippen molar-refractivity contribution in [3.8, 4) is 0 Å². The third kappa shape index (κ3) is 3.87. The van der Waals surface area contributed by atoms with Gasteiger partial charge in [0.05, 0.1) is 12.1 Å². The summed E-state index contributed by atoms with van der Waals surface area (Å²) >= 11 is 1.38. The smallest absolute Gasteiger partial charge is 0.323 e. The lowest BCUT2D eigenvalue weighted by Gasteiger charge is -2.24. The van der Waals surface area contributed by atoms with Crippen LogP contribution in [0.15, 0.2) is 29.6 Å². The van der Waals surface area contributed by atoms with E-state index in [1.807, 2.05) is 36.6 Å². The third-order valence-electron chi connectivity index (χ3n) is 3.49. The molecule has 0 bridgehead atoms. The number of benzene rings is 1. The molecule has 0 aliphatic carbocycles. The van der Waals surface area contributed by atoms with Gasteiger partial charge in [-0.25, -0.2) is 9.78 Å². The molecule has 0 atom stereocenters. The van der Waals surface area contributed by atoms with Crippen LogP contribution in [0.5, 0.6) is 0 Å². The van der Waals surface area contributed by atoms with Crippen molar-refractivity contribution < 1.29 is 9.59 Å². The lowest BCUT2D eigenvalue weighted by Crippen LogP contribution is -2.46. The molecule has 1 fully saturated rings. The number of anilines is 2. The van der Waals surface area contributed by atoms with E-state index in [2.05, 4.69) is 15.6 Å². The van der Waals surface area contributed by atoms with Crippen molar-refractivity contribution in [1.82, 2.24) is 10.3 Å². The predicted molar refractivity (Wildman–Crippen MR) is 91.0 cm³/mol. The minimum Gasteiger partial charge on any atom is -0.338 e. The molecule has 1 aromatic carbocycles. The molecule has 2 aromatic rings. The lowest BCUT2D eigenvalue weighted by molar-refractivity contribution is -0.115. The number of nitrogens with one attached hydrogen (secondary N) is 2. The van der Waals surface area contributed by atoms with E-state index >= 15 is 0 Å². The molecule has 1 aromatic heterocycles. The SMILES string of the molecule is Cc1cccc(NC(=O)Cc2csc(N3CCCNC3=O)n2)c1. The Labute approximate surface area is 138 Å². The zero-order valence-electron chi connectivity index (χ0n) is 12.8. The van der Waals surface area contributed by atoms with Crippen molar-refractivity contribution >= 4 is 34.1 Å². The lowest BCUT2D eigenvalue weighted by atomic mass is 10.2. The van der Waals surface area contributed by atoms with Gasteiger partial charge in [0, 0.05) is 24.2 Å². The zero-order chi connectivity index (χ0) is 16.2. The Bertz CT molecular complexity index is 728. The summed E-state index contributed by atoms with van der Waals surface area (Å²) in [5.41, 5.74) is 2.55. The summed E-state index contributed by atoms with van der Waals surface area (Å²) < 4.78 is 0. The highest BCUT2D eigenvalue weighted by Crippen LogP contribution is 2.22. The standard InChI is InChI=1S/C16H18N4O2S/c1-11-4-2-5-12(8-11)18-14(21)9-13-10-23-16(19-13)20-7-3-6-17-15(20)22/h2,4-5,8,10H,3,6-7,9H2,1H3,(H,17,22)(H,18,21). The molecule has 0 radical (unpaired) electrons. The maximum absolute atomic E-state index is 12.1. The first kappa shape index (κ1) is 15.5. The van der Waals surface area contributed by atoms with E-state index in [1.54, 1.807) is 4.90 Å². The van der Waals surface area contributed by atoms with E-state index < -0.39 is 0 Å². The number of thiazole rings is 1. The third-order valence-corrected chi connectivity index (χ3v) is 4.41. The minimum absolute atomic E-state index is 0.115. The van der Waals surface area contributed by atoms with Crippen LogP contribution in [0.25, 0.3) is 0 Å². The van der Waals surface area contributed by atoms with Crippen molar-refractivity contribution in [2.45, 2.75) is 19.8 Å². The fraction of sp³-hybridized carbons (Fsp3) is 0.312. The number of rotatable bonds is 4. The molecule has 120 valence electrons. The quantitative estimate of drug-likeness (QED) is 0.905. The van der Waals surface area contributed by atoms with Crippen LogP contribution in [-0.4, -0.2) is 30.0 Å². The highest BCUT2D eigenvalue weighted by molar-refractivity contribution is 7.14. The van der Waals surface area contributed by atoms with Gasteiger partial charge in [-0.1, -0.05) is 12.1 Å². The number of amides is 3. The van der Waals surface area contributed by atoms with Crippen LogP contribution < -0.4 is 15.5 Å². The van der Waals surface area contributed by atoms with Crippen LogP contribution in [0.3, 0.4) is 0 Å². The zero-order valence-corrected chi connectivity index (χ0v) is 13.7. The van der Waals surface area contributed by atoms with Crippen LogP contribution in [-0.2, 0) is 11.2 Å². The number of nitrogens with zero attached hydrogens (tertiary/aromatic N) is 2. The second kappa shape index (κ2) is 6.78. The van der Waals surface area contributed by atoms with Crippen LogP contribution in [0.4, 0.5) is 15.6 Å². The monoisotopic (exact) mass is 330 g/mol. The predicted octanol–water partition coefficient (Wildman–Crippen LogP) is 2.55. The van der Waals surface area contributed by atoms with Gasteiger partial charge in [0.1, 0.15) is 0 Å². The molecule has 0 unspecified atom stereocenters. The number of aryl methyl sites for hydroxylation is 1. The van der Waals surface area contributed by atoms with E-state index in [-0.39, 0.29) is 18.4 Å². The van der Waals surface area contributed by atoms with Crippen molar-refractivity contribution in [3.05, 3.63) is 40.9 Å². The van der Waals surface area contributed by atoms with Gasteiger partial charge < -0.3 is 10.6 Å². The molecule has 0 spiro atoms. The van der Waals surface area contributed by atoms with Gasteiger partial charge in [-0.15, -0.1) is 11.3 Å². The van der Waals surface area contributed by atoms with Crippen LogP contribution >= 0.6 is 11.3 Å². The summed E-state index contributed by atoms with van der Waals surface area (Å²) in [4.78, 5) is 29.9. The molecule has 2 heterocycles. The summed E-state index contributed by atoms with van der Waals surface area (Å²) in [5, 5.41) is 8.12. The van der Waals surface area contributed by atoms with Crippen LogP contribution in [0.2, 0.25) is 0 Å². The Morgan fingerprint density at radius 3 is 3.13 bits per heavy atom. The van der Waals surface area contributed by atoms with Crippen LogP contribution in [0.1, 0.15) is 17.7 Å². The Morgan fingerprint density at radius 1 is 1.48 bits per heavy atom. The van der Waals surface area contributed by atoms with Gasteiger partial charge >= 0.3 is 6.03 Å². The average Bonchev–Trinajstić information content (AvgIpc) is 2.95. The summed E-state index contributed by atoms with van der Waals surface area (Å²) in [7, 11) is 0. The summed E-state index contributed by atoms with van der Waals surface area (Å²) in [6.07, 6.45) is 1.09. The Kier molecular flexibility index (Phi) is 4.57. The maximum Gasteiger partial charge on any atom is 0.323 e. The fourth-order valence-corrected chi connectivity index (χ4v) is 3.25. The van der Waals surface area contributed by atoms with Gasteiger partial charge in [-0.3, -0.25) is 9.69 Å². The second-order valence-corrected chi connectivity index (χ2v) is 6.29. The van der Waals surface area contributed by atoms with E-state index in [9.17, 15) is 9.59 Å². The molecule has 3 amide bonds. The topological polar surface area (TPSA) is 74.3 Å². The summed E-state index contributed by atoms with van der Waals surface area (Å²) in [6.45, 7) is 3.34. The first-order chi connectivity index (χ1) is 11.1. The number of hydrogen-bond donors (Lipinski definition) is 2. The molecule has 1 saturated heterocycles. The number of carbonyl (C=O) groups is 2. The normalized spacial score (nSPS) is 14.5. The van der Waals surface area contributed by atoms with E-state index in [0.29, 0.717) is 23.9 Å². The highest BCUT2D eigenvalue weighted by Gasteiger charge is 2.22. The second-order valence-electron chi connectivity index (χ2n) is 5.45. The number of aromatic nitrogens is 1. The largest absolute Gasteiger partial charge is 0.338 e. The van der Waals surface area contributed by atoms with E-state index in [4.69, 9.17) is 0 Å². The molecular formula is C16H18N4O2S. The van der Waals surface area contributed by atoms with Crippen molar-refractivity contribution in [2.24, 2.45) is 0 Å². The van der Waals surface area contributed by atoms with E-state index in [0.717, 1.165) is 17.7 Å².